The molecule has 0 amide bonds. The number of nitrogens with one attached hydrogen (secondary N) is 1. The Balaban J connectivity index is 2.06. The van der Waals surface area contributed by atoms with E-state index < -0.39 is 0 Å². The number of rotatable bonds is 0. The summed E-state index contributed by atoms with van der Waals surface area (Å²) in [5, 5.41) is 12.6. The quantitative estimate of drug-likeness (QED) is 0.648. The molecule has 80 valence electrons. The fourth-order valence-corrected chi connectivity index (χ4v) is 2.22. The molecule has 1 unspecified atom stereocenters. The maximum absolute atomic E-state index is 11.7. The van der Waals surface area contributed by atoms with Gasteiger partial charge in [0.15, 0.2) is 5.78 Å². The van der Waals surface area contributed by atoms with E-state index in [-0.39, 0.29) is 17.5 Å². The Morgan fingerprint density at radius 2 is 2.25 bits per heavy atom. The molecule has 1 aliphatic carbocycles. The van der Waals surface area contributed by atoms with E-state index in [0.717, 1.165) is 16.9 Å². The number of phenols is 1. The normalized spacial score (nSPS) is 21.9. The van der Waals surface area contributed by atoms with E-state index in [1.807, 2.05) is 12.1 Å². The highest BCUT2D eigenvalue weighted by Crippen LogP contribution is 2.34. The minimum atomic E-state index is -0.112. The minimum Gasteiger partial charge on any atom is -0.508 e. The molecule has 0 fully saturated rings. The van der Waals surface area contributed by atoms with E-state index in [0.29, 0.717) is 6.42 Å². The summed E-state index contributed by atoms with van der Waals surface area (Å²) in [6.07, 6.45) is 5.96. The lowest BCUT2D eigenvalue weighted by Crippen LogP contribution is -2.28. The van der Waals surface area contributed by atoms with Crippen LogP contribution in [0.25, 0.3) is 0 Å². The third kappa shape index (κ3) is 1.33. The van der Waals surface area contributed by atoms with Crippen molar-refractivity contribution in [3.8, 4) is 5.75 Å². The van der Waals surface area contributed by atoms with Gasteiger partial charge in [0.2, 0.25) is 0 Å². The lowest BCUT2D eigenvalue weighted by atomic mass is 9.85. The molecule has 0 saturated heterocycles. The number of carbonyl (C=O) groups is 1. The third-order valence-corrected chi connectivity index (χ3v) is 3.05. The summed E-state index contributed by atoms with van der Waals surface area (Å²) in [7, 11) is 0. The van der Waals surface area contributed by atoms with E-state index in [1.54, 1.807) is 24.3 Å². The molecular weight excluding hydrogens is 202 g/mol. The maximum atomic E-state index is 11.7. The molecule has 0 bridgehead atoms. The number of fused-ring (bicyclic) bond motifs is 2. The topological polar surface area (TPSA) is 49.3 Å². The van der Waals surface area contributed by atoms with Crippen LogP contribution in [-0.4, -0.2) is 10.9 Å². The Kier molecular flexibility index (Phi) is 1.86. The highest BCUT2D eigenvalue weighted by molar-refractivity contribution is 5.97. The van der Waals surface area contributed by atoms with Crippen LogP contribution in [0.5, 0.6) is 5.75 Å². The zero-order valence-electron chi connectivity index (χ0n) is 8.60. The first-order chi connectivity index (χ1) is 7.74. The van der Waals surface area contributed by atoms with Crippen LogP contribution < -0.4 is 5.32 Å². The molecule has 2 aliphatic rings. The van der Waals surface area contributed by atoms with Gasteiger partial charge < -0.3 is 10.4 Å². The summed E-state index contributed by atoms with van der Waals surface area (Å²) in [5.74, 6) is 0.255. The summed E-state index contributed by atoms with van der Waals surface area (Å²) in [5.41, 5.74) is 2.92. The minimum absolute atomic E-state index is 0.112. The zero-order valence-corrected chi connectivity index (χ0v) is 8.60. The van der Waals surface area contributed by atoms with Gasteiger partial charge in [-0.05, 0) is 42.3 Å². The van der Waals surface area contributed by atoms with Crippen molar-refractivity contribution in [3.05, 3.63) is 47.7 Å². The van der Waals surface area contributed by atoms with Crippen LogP contribution in [0.15, 0.2) is 42.1 Å². The zero-order chi connectivity index (χ0) is 11.1. The Morgan fingerprint density at radius 3 is 3.12 bits per heavy atom. The number of phenolic OH excluding ortho intramolecular Hbond substituents is 1. The van der Waals surface area contributed by atoms with Crippen LogP contribution in [0, 0.1) is 5.92 Å². The van der Waals surface area contributed by atoms with Gasteiger partial charge in [0.05, 0.1) is 5.92 Å². The predicted octanol–water partition coefficient (Wildman–Crippen LogP) is 2.00. The summed E-state index contributed by atoms with van der Waals surface area (Å²) in [4.78, 5) is 11.7. The van der Waals surface area contributed by atoms with Gasteiger partial charge in [-0.2, -0.15) is 0 Å². The van der Waals surface area contributed by atoms with Crippen molar-refractivity contribution in [1.29, 1.82) is 0 Å². The largest absolute Gasteiger partial charge is 0.508 e. The SMILES string of the molecule is O=C1C=CC=C2Nc3ccc(O)cc3CC12. The van der Waals surface area contributed by atoms with Crippen LogP contribution in [0.2, 0.25) is 0 Å². The summed E-state index contributed by atoms with van der Waals surface area (Å²) in [6.45, 7) is 0. The van der Waals surface area contributed by atoms with Crippen molar-refractivity contribution < 1.29 is 9.90 Å². The number of anilines is 1. The van der Waals surface area contributed by atoms with E-state index >= 15 is 0 Å². The molecule has 16 heavy (non-hydrogen) atoms. The monoisotopic (exact) mass is 213 g/mol. The van der Waals surface area contributed by atoms with Crippen molar-refractivity contribution in [2.24, 2.45) is 5.92 Å². The van der Waals surface area contributed by atoms with Gasteiger partial charge in [0.25, 0.3) is 0 Å². The molecule has 1 aromatic rings. The molecule has 0 saturated carbocycles. The number of hydrogen-bond acceptors (Lipinski definition) is 3. The van der Waals surface area contributed by atoms with E-state index in [1.165, 1.54) is 0 Å². The second-order valence-corrected chi connectivity index (χ2v) is 4.11. The van der Waals surface area contributed by atoms with E-state index in [4.69, 9.17) is 0 Å². The maximum Gasteiger partial charge on any atom is 0.164 e. The summed E-state index contributed by atoms with van der Waals surface area (Å²) in [6, 6.07) is 5.20. The average molecular weight is 213 g/mol. The van der Waals surface area contributed by atoms with Gasteiger partial charge in [-0.1, -0.05) is 6.08 Å². The van der Waals surface area contributed by atoms with Gasteiger partial charge in [-0.25, -0.2) is 0 Å². The third-order valence-electron chi connectivity index (χ3n) is 3.05. The lowest BCUT2D eigenvalue weighted by molar-refractivity contribution is -0.117. The fraction of sp³-hybridized carbons (Fsp3) is 0.154. The van der Waals surface area contributed by atoms with Crippen LogP contribution in [0.4, 0.5) is 5.69 Å². The fourth-order valence-electron chi connectivity index (χ4n) is 2.22. The van der Waals surface area contributed by atoms with Gasteiger partial charge in [-0.3, -0.25) is 4.79 Å². The second-order valence-electron chi connectivity index (χ2n) is 4.11. The van der Waals surface area contributed by atoms with Crippen molar-refractivity contribution in [2.45, 2.75) is 6.42 Å². The molecule has 1 aliphatic heterocycles. The first-order valence-electron chi connectivity index (χ1n) is 5.25. The number of ketones is 1. The molecule has 3 nitrogen and oxygen atoms in total. The molecule has 3 rings (SSSR count). The first kappa shape index (κ1) is 9.21. The van der Waals surface area contributed by atoms with Gasteiger partial charge in [0.1, 0.15) is 5.75 Å². The van der Waals surface area contributed by atoms with Crippen molar-refractivity contribution >= 4 is 11.5 Å². The molecule has 0 spiro atoms. The Bertz CT molecular complexity index is 529. The molecule has 1 heterocycles. The Hall–Kier alpha value is -2.03. The molecule has 1 atom stereocenters. The van der Waals surface area contributed by atoms with E-state index in [2.05, 4.69) is 5.32 Å². The predicted molar refractivity (Wildman–Crippen MR) is 61.2 cm³/mol. The number of aromatic hydroxyl groups is 1. The van der Waals surface area contributed by atoms with Gasteiger partial charge in [0, 0.05) is 11.4 Å². The average Bonchev–Trinajstić information content (AvgIpc) is 2.28. The number of carbonyl (C=O) groups excluding carboxylic acids is 1. The van der Waals surface area contributed by atoms with Gasteiger partial charge in [-0.15, -0.1) is 0 Å². The number of allylic oxidation sites excluding steroid dienone is 4. The van der Waals surface area contributed by atoms with Crippen LogP contribution in [0.1, 0.15) is 5.56 Å². The molecule has 3 heteroatoms. The molecule has 0 radical (unpaired) electrons. The van der Waals surface area contributed by atoms with Crippen LogP contribution >= 0.6 is 0 Å². The van der Waals surface area contributed by atoms with Crippen LogP contribution in [-0.2, 0) is 11.2 Å². The van der Waals surface area contributed by atoms with Gasteiger partial charge >= 0.3 is 0 Å². The first-order valence-corrected chi connectivity index (χ1v) is 5.25. The van der Waals surface area contributed by atoms with Crippen molar-refractivity contribution in [3.63, 3.8) is 0 Å². The van der Waals surface area contributed by atoms with Crippen molar-refractivity contribution in [1.82, 2.24) is 0 Å². The number of hydrogen-bond donors (Lipinski definition) is 2. The molecule has 2 N–H and O–H groups in total. The molecular formula is C13H11NO2. The van der Waals surface area contributed by atoms with E-state index in [9.17, 15) is 9.90 Å². The summed E-state index contributed by atoms with van der Waals surface area (Å²) >= 11 is 0. The second kappa shape index (κ2) is 3.23. The van der Waals surface area contributed by atoms with Crippen molar-refractivity contribution in [2.75, 3.05) is 5.32 Å². The highest BCUT2D eigenvalue weighted by atomic mass is 16.3. The molecule has 1 aromatic carbocycles. The Labute approximate surface area is 93.1 Å². The number of benzene rings is 1. The standard InChI is InChI=1S/C13H11NO2/c15-9-4-5-11-8(6-9)7-10-12(14-11)2-1-3-13(10)16/h1-6,10,14-15H,7H2. The summed E-state index contributed by atoms with van der Waals surface area (Å²) < 4.78 is 0. The lowest BCUT2D eigenvalue weighted by Gasteiger charge is -2.28. The highest BCUT2D eigenvalue weighted by Gasteiger charge is 2.28. The van der Waals surface area contributed by atoms with Crippen LogP contribution in [0.3, 0.4) is 0 Å². The Morgan fingerprint density at radius 1 is 1.38 bits per heavy atom. The smallest absolute Gasteiger partial charge is 0.164 e. The molecule has 0 aromatic heterocycles.